The molecule has 4 atom stereocenters. The fourth-order valence-corrected chi connectivity index (χ4v) is 5.66. The largest absolute Gasteiger partial charge is 0.463 e. The molecule has 1 aliphatic rings. The zero-order chi connectivity index (χ0) is 33.0. The number of benzene rings is 2. The van der Waals surface area contributed by atoms with E-state index in [4.69, 9.17) is 42.1 Å². The number of nitrogens with one attached hydrogen (secondary N) is 1. The normalized spacial score (nSPS) is 19.1. The molecule has 13 nitrogen and oxygen atoms in total. The first-order valence-electron chi connectivity index (χ1n) is 14.1. The molecule has 1 aliphatic heterocycles. The number of esters is 3. The molecule has 0 spiro atoms. The third-order valence-corrected chi connectivity index (χ3v) is 7.58. The number of anilines is 1. The van der Waals surface area contributed by atoms with Crippen LogP contribution in [0, 0.1) is 11.3 Å². The van der Waals surface area contributed by atoms with Gasteiger partial charge in [-0.25, -0.2) is 4.98 Å². The van der Waals surface area contributed by atoms with E-state index in [1.807, 2.05) is 42.5 Å². The van der Waals surface area contributed by atoms with Crippen molar-refractivity contribution in [2.45, 2.75) is 51.2 Å². The van der Waals surface area contributed by atoms with Gasteiger partial charge in [0.2, 0.25) is 5.82 Å². The molecular weight excluding hydrogens is 639 g/mol. The molecule has 2 aromatic carbocycles. The SMILES string of the molecule is CC(=O)OC[C@@H]1O[C@@H](n2cnc3c(NCC(c4cccc(Cl)c4)c4cccc(Cl)c4)nc(C#N)nc32)[C@H](OC(C)=O)[C@@H]1OC(C)=O. The van der Waals surface area contributed by atoms with Crippen LogP contribution in [-0.4, -0.2) is 68.9 Å². The Balaban J connectivity index is 1.53. The first-order valence-corrected chi connectivity index (χ1v) is 14.8. The van der Waals surface area contributed by atoms with Crippen molar-refractivity contribution in [1.29, 1.82) is 5.26 Å². The molecule has 5 rings (SSSR count). The summed E-state index contributed by atoms with van der Waals surface area (Å²) in [4.78, 5) is 48.9. The number of carbonyl (C=O) groups excluding carboxylic acids is 3. The predicted molar refractivity (Wildman–Crippen MR) is 165 cm³/mol. The summed E-state index contributed by atoms with van der Waals surface area (Å²) in [6.07, 6.45) is -3.04. The van der Waals surface area contributed by atoms with Crippen LogP contribution in [-0.2, 0) is 33.3 Å². The van der Waals surface area contributed by atoms with Gasteiger partial charge in [-0.2, -0.15) is 15.2 Å². The predicted octanol–water partition coefficient (Wildman–Crippen LogP) is 4.57. The number of halogens is 2. The molecule has 0 bridgehead atoms. The van der Waals surface area contributed by atoms with Crippen molar-refractivity contribution in [2.75, 3.05) is 18.5 Å². The van der Waals surface area contributed by atoms with Gasteiger partial charge in [0.05, 0.1) is 6.33 Å². The van der Waals surface area contributed by atoms with E-state index in [-0.39, 0.29) is 35.3 Å². The lowest BCUT2D eigenvalue weighted by atomic mass is 9.91. The number of rotatable bonds is 10. The van der Waals surface area contributed by atoms with E-state index in [0.29, 0.717) is 16.6 Å². The average Bonchev–Trinajstić information content (AvgIpc) is 3.56. The zero-order valence-electron chi connectivity index (χ0n) is 24.8. The molecule has 0 saturated carbocycles. The number of carbonyl (C=O) groups is 3. The first kappa shape index (κ1) is 32.6. The van der Waals surface area contributed by atoms with E-state index >= 15 is 0 Å². The fourth-order valence-electron chi connectivity index (χ4n) is 5.27. The van der Waals surface area contributed by atoms with Crippen molar-refractivity contribution >= 4 is 58.1 Å². The highest BCUT2D eigenvalue weighted by molar-refractivity contribution is 6.31. The summed E-state index contributed by atoms with van der Waals surface area (Å²) in [6, 6.07) is 16.8. The maximum absolute atomic E-state index is 12.1. The molecule has 3 heterocycles. The summed E-state index contributed by atoms with van der Waals surface area (Å²) >= 11 is 12.6. The maximum atomic E-state index is 12.1. The molecule has 4 aromatic rings. The molecule has 1 saturated heterocycles. The van der Waals surface area contributed by atoms with Crippen molar-refractivity contribution < 1.29 is 33.3 Å². The third kappa shape index (κ3) is 7.37. The summed E-state index contributed by atoms with van der Waals surface area (Å²) in [7, 11) is 0. The smallest absolute Gasteiger partial charge is 0.303 e. The van der Waals surface area contributed by atoms with Crippen LogP contribution >= 0.6 is 23.2 Å². The van der Waals surface area contributed by atoms with Gasteiger partial charge in [0.25, 0.3) is 0 Å². The standard InChI is InChI=1S/C31H28Cl2N6O7/c1-16(40)43-14-24-27(44-17(2)41)28(45-18(3)42)31(46-24)39-15-36-26-29(37-25(12-34)38-30(26)39)35-13-23(19-6-4-8-21(32)10-19)20-7-5-9-22(33)11-20/h4-11,15,23-24,27-28,31H,13-14H2,1-3H3,(H,35,37,38)/t24-,27+,28+,31+/m0/s1. The van der Waals surface area contributed by atoms with Crippen molar-refractivity contribution in [2.24, 2.45) is 0 Å². The second-order valence-electron chi connectivity index (χ2n) is 10.4. The molecule has 0 radical (unpaired) electrons. The highest BCUT2D eigenvalue weighted by Gasteiger charge is 2.51. The van der Waals surface area contributed by atoms with Gasteiger partial charge in [-0.1, -0.05) is 47.5 Å². The van der Waals surface area contributed by atoms with E-state index in [1.165, 1.54) is 31.7 Å². The fraction of sp³-hybridized carbons (Fsp3) is 0.323. The minimum absolute atomic E-state index is 0.172. The second kappa shape index (κ2) is 14.1. The lowest BCUT2D eigenvalue weighted by Gasteiger charge is -2.23. The number of hydrogen-bond donors (Lipinski definition) is 1. The van der Waals surface area contributed by atoms with Crippen LogP contribution < -0.4 is 5.32 Å². The van der Waals surface area contributed by atoms with Crippen LogP contribution in [0.2, 0.25) is 10.0 Å². The van der Waals surface area contributed by atoms with Crippen LogP contribution in [0.15, 0.2) is 54.9 Å². The van der Waals surface area contributed by atoms with Gasteiger partial charge in [0, 0.05) is 43.3 Å². The number of nitriles is 1. The lowest BCUT2D eigenvalue weighted by molar-refractivity contribution is -0.166. The van der Waals surface area contributed by atoms with Gasteiger partial charge in [0.15, 0.2) is 35.4 Å². The van der Waals surface area contributed by atoms with Gasteiger partial charge in [-0.05, 0) is 35.4 Å². The molecule has 46 heavy (non-hydrogen) atoms. The van der Waals surface area contributed by atoms with Crippen molar-refractivity contribution in [3.8, 4) is 6.07 Å². The van der Waals surface area contributed by atoms with Crippen LogP contribution in [0.4, 0.5) is 5.82 Å². The Bertz CT molecular complexity index is 1780. The molecular formula is C31H28Cl2N6O7. The average molecular weight is 668 g/mol. The first-order chi connectivity index (χ1) is 22.0. The van der Waals surface area contributed by atoms with E-state index in [0.717, 1.165) is 11.1 Å². The lowest BCUT2D eigenvalue weighted by Crippen LogP contribution is -2.40. The van der Waals surface area contributed by atoms with E-state index in [9.17, 15) is 19.6 Å². The number of nitrogens with zero attached hydrogens (tertiary/aromatic N) is 5. The van der Waals surface area contributed by atoms with E-state index in [1.54, 1.807) is 12.1 Å². The maximum Gasteiger partial charge on any atom is 0.303 e. The molecule has 238 valence electrons. The zero-order valence-corrected chi connectivity index (χ0v) is 26.4. The molecule has 1 fully saturated rings. The molecule has 15 heteroatoms. The highest BCUT2D eigenvalue weighted by atomic mass is 35.5. The summed E-state index contributed by atoms with van der Waals surface area (Å²) < 4.78 is 23.7. The van der Waals surface area contributed by atoms with Crippen molar-refractivity contribution in [3.63, 3.8) is 0 Å². The van der Waals surface area contributed by atoms with Crippen molar-refractivity contribution in [1.82, 2.24) is 19.5 Å². The van der Waals surface area contributed by atoms with E-state index < -0.39 is 42.4 Å². The highest BCUT2D eigenvalue weighted by Crippen LogP contribution is 2.37. The Kier molecular flexibility index (Phi) is 10.0. The minimum Gasteiger partial charge on any atom is -0.463 e. The van der Waals surface area contributed by atoms with Gasteiger partial charge in [-0.15, -0.1) is 0 Å². The molecule has 0 amide bonds. The number of ether oxygens (including phenoxy) is 4. The number of hydrogen-bond acceptors (Lipinski definition) is 12. The molecule has 2 aromatic heterocycles. The van der Waals surface area contributed by atoms with Gasteiger partial charge < -0.3 is 24.3 Å². The minimum atomic E-state index is -1.17. The summed E-state index contributed by atoms with van der Waals surface area (Å²) in [5, 5.41) is 14.3. The number of fused-ring (bicyclic) bond motifs is 1. The Labute approximate surface area is 273 Å². The third-order valence-electron chi connectivity index (χ3n) is 7.11. The summed E-state index contributed by atoms with van der Waals surface area (Å²) in [5.41, 5.74) is 2.29. The summed E-state index contributed by atoms with van der Waals surface area (Å²) in [6.45, 7) is 3.63. The summed E-state index contributed by atoms with van der Waals surface area (Å²) in [5.74, 6) is -2.06. The van der Waals surface area contributed by atoms with Gasteiger partial charge >= 0.3 is 17.9 Å². The monoisotopic (exact) mass is 666 g/mol. The van der Waals surface area contributed by atoms with Crippen LogP contribution in [0.5, 0.6) is 0 Å². The topological polar surface area (TPSA) is 168 Å². The quantitative estimate of drug-likeness (QED) is 0.185. The number of aromatic nitrogens is 4. The Morgan fingerprint density at radius 3 is 2.17 bits per heavy atom. The second-order valence-corrected chi connectivity index (χ2v) is 11.3. The van der Waals surface area contributed by atoms with Crippen LogP contribution in [0.3, 0.4) is 0 Å². The van der Waals surface area contributed by atoms with Crippen LogP contribution in [0.1, 0.15) is 49.9 Å². The Hall–Kier alpha value is -4.77. The molecule has 1 N–H and O–H groups in total. The van der Waals surface area contributed by atoms with E-state index in [2.05, 4.69) is 20.3 Å². The Morgan fingerprint density at radius 2 is 1.61 bits per heavy atom. The van der Waals surface area contributed by atoms with Gasteiger partial charge in [0.1, 0.15) is 18.8 Å². The molecule has 0 aliphatic carbocycles. The Morgan fingerprint density at radius 1 is 0.978 bits per heavy atom. The number of imidazole rings is 1. The van der Waals surface area contributed by atoms with Crippen molar-refractivity contribution in [3.05, 3.63) is 81.9 Å². The van der Waals surface area contributed by atoms with Gasteiger partial charge in [-0.3, -0.25) is 19.0 Å². The molecule has 0 unspecified atom stereocenters. The van der Waals surface area contributed by atoms with Crippen LogP contribution in [0.25, 0.3) is 11.2 Å².